The summed E-state index contributed by atoms with van der Waals surface area (Å²) in [6, 6.07) is 0. The summed E-state index contributed by atoms with van der Waals surface area (Å²) in [4.78, 5) is 12.8. The van der Waals surface area contributed by atoms with Crippen LogP contribution in [0.2, 0.25) is 0 Å². The summed E-state index contributed by atoms with van der Waals surface area (Å²) in [6.45, 7) is 14.7. The number of rotatable bonds is 11. The van der Waals surface area contributed by atoms with Crippen molar-refractivity contribution in [1.29, 1.82) is 0 Å². The molecule has 0 radical (unpaired) electrons. The Morgan fingerprint density at radius 3 is 2.42 bits per heavy atom. The number of halogens is 1. The van der Waals surface area contributed by atoms with Gasteiger partial charge in [-0.25, -0.2) is 9.98 Å². The first-order valence-corrected chi connectivity index (χ1v) is 9.67. The van der Waals surface area contributed by atoms with Crippen molar-refractivity contribution in [2.45, 2.75) is 53.5 Å². The van der Waals surface area contributed by atoms with Crippen LogP contribution in [0.5, 0.6) is 0 Å². The molecule has 140 valence electrons. The minimum absolute atomic E-state index is 0. The van der Waals surface area contributed by atoms with E-state index in [1.807, 2.05) is 6.20 Å². The van der Waals surface area contributed by atoms with E-state index >= 15 is 0 Å². The van der Waals surface area contributed by atoms with Gasteiger partial charge in [0.15, 0.2) is 5.96 Å². The Labute approximate surface area is 168 Å². The molecular formula is C17H34IN5S. The van der Waals surface area contributed by atoms with Gasteiger partial charge in [0.05, 0.1) is 6.54 Å². The Balaban J connectivity index is 0.00000529. The highest BCUT2D eigenvalue weighted by molar-refractivity contribution is 14.0. The molecule has 0 aliphatic carbocycles. The van der Waals surface area contributed by atoms with Gasteiger partial charge in [-0.3, -0.25) is 0 Å². The Morgan fingerprint density at radius 1 is 1.17 bits per heavy atom. The third-order valence-corrected chi connectivity index (χ3v) is 4.31. The van der Waals surface area contributed by atoms with Crippen LogP contribution in [0.1, 0.15) is 49.9 Å². The number of guanidine groups is 1. The molecular weight excluding hydrogens is 433 g/mol. The highest BCUT2D eigenvalue weighted by atomic mass is 127. The summed E-state index contributed by atoms with van der Waals surface area (Å²) in [5.74, 6) is 0.887. The van der Waals surface area contributed by atoms with Crippen LogP contribution in [0.25, 0.3) is 0 Å². The van der Waals surface area contributed by atoms with Crippen molar-refractivity contribution < 1.29 is 0 Å². The van der Waals surface area contributed by atoms with E-state index in [4.69, 9.17) is 0 Å². The number of aromatic nitrogens is 1. The van der Waals surface area contributed by atoms with Crippen LogP contribution in [-0.4, -0.2) is 48.6 Å². The van der Waals surface area contributed by atoms with E-state index in [1.165, 1.54) is 30.8 Å². The zero-order valence-electron chi connectivity index (χ0n) is 15.6. The Hall–Kier alpha value is -0.410. The van der Waals surface area contributed by atoms with Gasteiger partial charge in [-0.2, -0.15) is 0 Å². The first-order chi connectivity index (χ1) is 11.2. The molecule has 0 bridgehead atoms. The fourth-order valence-corrected chi connectivity index (χ4v) is 3.15. The van der Waals surface area contributed by atoms with Crippen molar-refractivity contribution in [3.05, 3.63) is 16.1 Å². The van der Waals surface area contributed by atoms with Gasteiger partial charge in [-0.05, 0) is 52.7 Å². The third-order valence-electron chi connectivity index (χ3n) is 3.41. The summed E-state index contributed by atoms with van der Waals surface area (Å²) in [5.41, 5.74) is 0. The van der Waals surface area contributed by atoms with Gasteiger partial charge < -0.3 is 15.5 Å². The summed E-state index contributed by atoms with van der Waals surface area (Å²) < 4.78 is 0. The van der Waals surface area contributed by atoms with E-state index in [0.29, 0.717) is 6.54 Å². The van der Waals surface area contributed by atoms with Gasteiger partial charge in [0.1, 0.15) is 5.01 Å². The van der Waals surface area contributed by atoms with Crippen LogP contribution in [0.3, 0.4) is 0 Å². The van der Waals surface area contributed by atoms with Gasteiger partial charge in [-0.15, -0.1) is 35.3 Å². The van der Waals surface area contributed by atoms with E-state index in [9.17, 15) is 0 Å². The lowest BCUT2D eigenvalue weighted by Gasteiger charge is -2.21. The summed E-state index contributed by atoms with van der Waals surface area (Å²) >= 11 is 1.71. The molecule has 7 heteroatoms. The largest absolute Gasteiger partial charge is 0.357 e. The average Bonchev–Trinajstić information content (AvgIpc) is 2.95. The Kier molecular flexibility index (Phi) is 14.6. The molecule has 24 heavy (non-hydrogen) atoms. The number of hydrogen-bond donors (Lipinski definition) is 2. The fraction of sp³-hybridized carbons (Fsp3) is 0.765. The minimum atomic E-state index is 0. The normalized spacial score (nSPS) is 11.5. The average molecular weight is 467 g/mol. The Bertz CT molecular complexity index is 444. The van der Waals surface area contributed by atoms with E-state index in [0.717, 1.165) is 37.0 Å². The molecule has 0 aromatic carbocycles. The maximum Gasteiger partial charge on any atom is 0.191 e. The quantitative estimate of drug-likeness (QED) is 0.226. The number of hydrogen-bond acceptors (Lipinski definition) is 4. The SMILES string of the molecule is CCCN(CCC)CCCNC(=NCc1ncc(C)s1)NCC.I. The van der Waals surface area contributed by atoms with Crippen LogP contribution in [-0.2, 0) is 6.54 Å². The van der Waals surface area contributed by atoms with E-state index in [-0.39, 0.29) is 24.0 Å². The van der Waals surface area contributed by atoms with Gasteiger partial charge in [-0.1, -0.05) is 13.8 Å². The third kappa shape index (κ3) is 10.5. The molecule has 1 aromatic rings. The predicted octanol–water partition coefficient (Wildman–Crippen LogP) is 3.64. The van der Waals surface area contributed by atoms with Gasteiger partial charge in [0.25, 0.3) is 0 Å². The molecule has 0 saturated carbocycles. The van der Waals surface area contributed by atoms with E-state index < -0.39 is 0 Å². The van der Waals surface area contributed by atoms with Crippen LogP contribution in [0.15, 0.2) is 11.2 Å². The van der Waals surface area contributed by atoms with Crippen molar-refractivity contribution in [3.8, 4) is 0 Å². The second-order valence-corrected chi connectivity index (χ2v) is 7.00. The zero-order valence-corrected chi connectivity index (χ0v) is 18.7. The summed E-state index contributed by atoms with van der Waals surface area (Å²) in [6.07, 6.45) is 5.50. The number of nitrogens with zero attached hydrogens (tertiary/aromatic N) is 3. The lowest BCUT2D eigenvalue weighted by molar-refractivity contribution is 0.271. The number of thiazole rings is 1. The maximum atomic E-state index is 4.62. The second-order valence-electron chi connectivity index (χ2n) is 5.68. The molecule has 2 N–H and O–H groups in total. The molecule has 0 unspecified atom stereocenters. The lowest BCUT2D eigenvalue weighted by Crippen LogP contribution is -2.39. The van der Waals surface area contributed by atoms with Crippen LogP contribution < -0.4 is 10.6 Å². The van der Waals surface area contributed by atoms with Gasteiger partial charge >= 0.3 is 0 Å². The molecule has 1 rings (SSSR count). The summed E-state index contributed by atoms with van der Waals surface area (Å²) in [7, 11) is 0. The highest BCUT2D eigenvalue weighted by Gasteiger charge is 2.03. The molecule has 0 spiro atoms. The van der Waals surface area contributed by atoms with Crippen molar-refractivity contribution in [2.75, 3.05) is 32.7 Å². The second kappa shape index (κ2) is 14.9. The summed E-state index contributed by atoms with van der Waals surface area (Å²) in [5, 5.41) is 7.79. The molecule has 0 aliphatic rings. The molecule has 0 saturated heterocycles. The smallest absolute Gasteiger partial charge is 0.191 e. The predicted molar refractivity (Wildman–Crippen MR) is 117 cm³/mol. The topological polar surface area (TPSA) is 52.5 Å². The first kappa shape index (κ1) is 23.6. The molecule has 0 atom stereocenters. The zero-order chi connectivity index (χ0) is 16.9. The van der Waals surface area contributed by atoms with Crippen molar-refractivity contribution in [3.63, 3.8) is 0 Å². The molecule has 0 amide bonds. The monoisotopic (exact) mass is 467 g/mol. The standard InChI is InChI=1S/C17H33N5S.HI/c1-5-10-22(11-6-2)12-8-9-19-17(18-7-3)21-14-16-20-13-15(4)23-16;/h13H,5-12,14H2,1-4H3,(H2,18,19,21);1H. The van der Waals surface area contributed by atoms with Crippen molar-refractivity contribution in [1.82, 2.24) is 20.5 Å². The van der Waals surface area contributed by atoms with E-state index in [1.54, 1.807) is 11.3 Å². The van der Waals surface area contributed by atoms with Crippen molar-refractivity contribution >= 4 is 41.3 Å². The highest BCUT2D eigenvalue weighted by Crippen LogP contribution is 2.11. The fourth-order valence-electron chi connectivity index (χ4n) is 2.44. The molecule has 1 aromatic heterocycles. The van der Waals surface area contributed by atoms with E-state index in [2.05, 4.69) is 53.2 Å². The maximum absolute atomic E-state index is 4.62. The minimum Gasteiger partial charge on any atom is -0.357 e. The van der Waals surface area contributed by atoms with Crippen molar-refractivity contribution in [2.24, 2.45) is 4.99 Å². The van der Waals surface area contributed by atoms with Crippen LogP contribution in [0, 0.1) is 6.92 Å². The first-order valence-electron chi connectivity index (χ1n) is 8.85. The molecule has 0 fully saturated rings. The molecule has 0 aliphatic heterocycles. The number of aliphatic imine (C=N–C) groups is 1. The Morgan fingerprint density at radius 2 is 1.88 bits per heavy atom. The lowest BCUT2D eigenvalue weighted by atomic mass is 10.3. The molecule has 5 nitrogen and oxygen atoms in total. The molecule has 1 heterocycles. The number of nitrogens with one attached hydrogen (secondary N) is 2. The number of aryl methyl sites for hydroxylation is 1. The van der Waals surface area contributed by atoms with Crippen LogP contribution >= 0.6 is 35.3 Å². The van der Waals surface area contributed by atoms with Gasteiger partial charge in [0, 0.05) is 24.2 Å². The van der Waals surface area contributed by atoms with Gasteiger partial charge in [0.2, 0.25) is 0 Å². The van der Waals surface area contributed by atoms with Crippen LogP contribution in [0.4, 0.5) is 0 Å².